The Balaban J connectivity index is 1.99. The van der Waals surface area contributed by atoms with Gasteiger partial charge < -0.3 is 5.11 Å². The van der Waals surface area contributed by atoms with Gasteiger partial charge in [-0.1, -0.05) is 35.5 Å². The monoisotopic (exact) mass is 304 g/mol. The van der Waals surface area contributed by atoms with Crippen LogP contribution in [0.25, 0.3) is 27.8 Å². The molecule has 0 bridgehead atoms. The number of pyridine rings is 2. The maximum Gasteiger partial charge on any atom is 0.139 e. The number of hydrogen-bond donors (Lipinski definition) is 1. The van der Waals surface area contributed by atoms with E-state index in [0.29, 0.717) is 0 Å². The number of rotatable bonds is 2. The lowest BCUT2D eigenvalue weighted by molar-refractivity contribution is 0.0800. The topological polar surface area (TPSA) is 63.3 Å². The molecule has 0 atom stereocenters. The Morgan fingerprint density at radius 1 is 1.00 bits per heavy atom. The summed E-state index contributed by atoms with van der Waals surface area (Å²) >= 11 is 0. The van der Waals surface area contributed by atoms with E-state index in [-0.39, 0.29) is 0 Å². The molecule has 5 nitrogen and oxygen atoms in total. The smallest absolute Gasteiger partial charge is 0.139 e. The van der Waals surface area contributed by atoms with Gasteiger partial charge in [0.25, 0.3) is 0 Å². The number of benzene rings is 1. The van der Waals surface area contributed by atoms with E-state index in [1.165, 1.54) is 0 Å². The first-order chi connectivity index (χ1) is 11.0. The third-order valence-electron chi connectivity index (χ3n) is 3.94. The normalized spacial score (nSPS) is 12.1. The molecule has 4 rings (SSSR count). The summed E-state index contributed by atoms with van der Waals surface area (Å²) in [5.74, 6) is 0. The molecule has 5 heteroatoms. The minimum atomic E-state index is -0.959. The predicted molar refractivity (Wildman–Crippen MR) is 89.0 cm³/mol. The van der Waals surface area contributed by atoms with Gasteiger partial charge in [0.15, 0.2) is 0 Å². The second-order valence-electron chi connectivity index (χ2n) is 6.10. The van der Waals surface area contributed by atoms with Crippen LogP contribution in [0.2, 0.25) is 0 Å². The van der Waals surface area contributed by atoms with Crippen LogP contribution in [0, 0.1) is 0 Å². The molecule has 0 spiro atoms. The van der Waals surface area contributed by atoms with Gasteiger partial charge in [0.05, 0.1) is 22.3 Å². The average molecular weight is 304 g/mol. The number of hydrogen-bond acceptors (Lipinski definition) is 4. The zero-order valence-electron chi connectivity index (χ0n) is 12.9. The Bertz CT molecular complexity index is 1010. The highest BCUT2D eigenvalue weighted by Crippen LogP contribution is 2.29. The lowest BCUT2D eigenvalue weighted by Crippen LogP contribution is -2.16. The molecule has 3 heterocycles. The van der Waals surface area contributed by atoms with Crippen molar-refractivity contribution in [3.63, 3.8) is 0 Å². The summed E-state index contributed by atoms with van der Waals surface area (Å²) in [5.41, 5.74) is 3.01. The van der Waals surface area contributed by atoms with Gasteiger partial charge in [-0.3, -0.25) is 0 Å². The number of aromatic nitrogens is 4. The van der Waals surface area contributed by atoms with Gasteiger partial charge in [-0.15, -0.1) is 5.10 Å². The zero-order chi connectivity index (χ0) is 16.0. The van der Waals surface area contributed by atoms with Crippen molar-refractivity contribution in [1.82, 2.24) is 19.8 Å². The number of aliphatic hydroxyl groups is 1. The molecule has 0 aliphatic heterocycles. The third kappa shape index (κ3) is 2.26. The van der Waals surface area contributed by atoms with Crippen LogP contribution < -0.4 is 0 Å². The fourth-order valence-electron chi connectivity index (χ4n) is 2.80. The molecule has 4 aromatic rings. The molecule has 0 unspecified atom stereocenters. The van der Waals surface area contributed by atoms with E-state index in [9.17, 15) is 5.11 Å². The summed E-state index contributed by atoms with van der Waals surface area (Å²) in [6, 6.07) is 15.6. The van der Waals surface area contributed by atoms with Crippen LogP contribution in [-0.4, -0.2) is 24.9 Å². The first-order valence-electron chi connectivity index (χ1n) is 7.47. The molecule has 114 valence electrons. The average Bonchev–Trinajstić information content (AvgIpc) is 2.97. The molecule has 0 saturated carbocycles. The molecule has 0 amide bonds. The molecule has 0 saturated heterocycles. The maximum absolute atomic E-state index is 10.4. The van der Waals surface area contributed by atoms with E-state index in [4.69, 9.17) is 4.98 Å². The summed E-state index contributed by atoms with van der Waals surface area (Å²) in [7, 11) is 0. The highest BCUT2D eigenvalue weighted by atomic mass is 16.3. The Morgan fingerprint density at radius 3 is 2.70 bits per heavy atom. The van der Waals surface area contributed by atoms with E-state index < -0.39 is 5.60 Å². The summed E-state index contributed by atoms with van der Waals surface area (Å²) in [6.07, 6.45) is 1.86. The quantitative estimate of drug-likeness (QED) is 0.618. The Hall–Kier alpha value is -2.79. The van der Waals surface area contributed by atoms with Gasteiger partial charge in [0.2, 0.25) is 0 Å². The van der Waals surface area contributed by atoms with E-state index in [2.05, 4.69) is 10.3 Å². The molecule has 0 fully saturated rings. The summed E-state index contributed by atoms with van der Waals surface area (Å²) < 4.78 is 1.73. The standard InChI is InChI=1S/C18H16N4O/c1-18(2,23)13-7-5-6-12-9-10-14(19-16(12)13)17-15-8-3-4-11-22(15)21-20-17/h3-11,23H,1-2H3. The molecule has 1 aromatic carbocycles. The first-order valence-corrected chi connectivity index (χ1v) is 7.47. The maximum atomic E-state index is 10.4. The molecular weight excluding hydrogens is 288 g/mol. The van der Waals surface area contributed by atoms with Gasteiger partial charge in [-0.2, -0.15) is 0 Å². The molecule has 0 aliphatic carbocycles. The van der Waals surface area contributed by atoms with Gasteiger partial charge >= 0.3 is 0 Å². The molecule has 23 heavy (non-hydrogen) atoms. The molecule has 3 aromatic heterocycles. The zero-order valence-corrected chi connectivity index (χ0v) is 12.9. The molecule has 0 aliphatic rings. The van der Waals surface area contributed by atoms with E-state index in [1.54, 1.807) is 18.4 Å². The highest BCUT2D eigenvalue weighted by molar-refractivity contribution is 5.86. The van der Waals surface area contributed by atoms with Gasteiger partial charge in [-0.25, -0.2) is 9.50 Å². The van der Waals surface area contributed by atoms with Crippen molar-refractivity contribution < 1.29 is 5.11 Å². The van der Waals surface area contributed by atoms with Crippen molar-refractivity contribution in [3.8, 4) is 11.4 Å². The van der Waals surface area contributed by atoms with Gasteiger partial charge in [0.1, 0.15) is 5.69 Å². The van der Waals surface area contributed by atoms with E-state index in [1.807, 2.05) is 54.7 Å². The third-order valence-corrected chi connectivity index (χ3v) is 3.94. The van der Waals surface area contributed by atoms with Crippen LogP contribution >= 0.6 is 0 Å². The van der Waals surface area contributed by atoms with Crippen LogP contribution in [0.1, 0.15) is 19.4 Å². The van der Waals surface area contributed by atoms with E-state index in [0.717, 1.165) is 33.4 Å². The highest BCUT2D eigenvalue weighted by Gasteiger charge is 2.20. The lowest BCUT2D eigenvalue weighted by atomic mass is 9.95. The Labute approximate surface area is 133 Å². The SMILES string of the molecule is CC(C)(O)c1cccc2ccc(-c3nnn4ccccc34)nc12. The Kier molecular flexibility index (Phi) is 2.92. The minimum Gasteiger partial charge on any atom is -0.386 e. The van der Waals surface area contributed by atoms with Crippen LogP contribution in [-0.2, 0) is 5.60 Å². The van der Waals surface area contributed by atoms with Crippen molar-refractivity contribution in [2.24, 2.45) is 0 Å². The van der Waals surface area contributed by atoms with E-state index >= 15 is 0 Å². The van der Waals surface area contributed by atoms with Gasteiger partial charge in [-0.05, 0) is 32.0 Å². The number of para-hydroxylation sites is 1. The molecular formula is C18H16N4O. The van der Waals surface area contributed by atoms with Crippen molar-refractivity contribution in [2.45, 2.75) is 19.4 Å². The first kappa shape index (κ1) is 13.8. The van der Waals surface area contributed by atoms with Crippen molar-refractivity contribution in [3.05, 3.63) is 60.3 Å². The minimum absolute atomic E-state index is 0.734. The predicted octanol–water partition coefficient (Wildman–Crippen LogP) is 3.17. The fraction of sp³-hybridized carbons (Fsp3) is 0.167. The second kappa shape index (κ2) is 4.86. The van der Waals surface area contributed by atoms with Crippen LogP contribution in [0.5, 0.6) is 0 Å². The molecule has 0 radical (unpaired) electrons. The van der Waals surface area contributed by atoms with Crippen molar-refractivity contribution in [2.75, 3.05) is 0 Å². The van der Waals surface area contributed by atoms with Crippen molar-refractivity contribution >= 4 is 16.4 Å². The lowest BCUT2D eigenvalue weighted by Gasteiger charge is -2.19. The van der Waals surface area contributed by atoms with Crippen LogP contribution in [0.4, 0.5) is 0 Å². The summed E-state index contributed by atoms with van der Waals surface area (Å²) in [6.45, 7) is 3.54. The second-order valence-corrected chi connectivity index (χ2v) is 6.10. The number of fused-ring (bicyclic) bond motifs is 2. The summed E-state index contributed by atoms with van der Waals surface area (Å²) in [4.78, 5) is 4.76. The largest absolute Gasteiger partial charge is 0.386 e. The Morgan fingerprint density at radius 2 is 1.87 bits per heavy atom. The van der Waals surface area contributed by atoms with Crippen LogP contribution in [0.3, 0.4) is 0 Å². The summed E-state index contributed by atoms with van der Waals surface area (Å²) in [5, 5.41) is 19.8. The van der Waals surface area contributed by atoms with Gasteiger partial charge in [0, 0.05) is 17.1 Å². The fourth-order valence-corrected chi connectivity index (χ4v) is 2.80. The van der Waals surface area contributed by atoms with Crippen LogP contribution in [0.15, 0.2) is 54.7 Å². The number of nitrogens with zero attached hydrogens (tertiary/aromatic N) is 4. The van der Waals surface area contributed by atoms with Crippen molar-refractivity contribution in [1.29, 1.82) is 0 Å². The molecule has 1 N–H and O–H groups in total.